The number of nitrogens with one attached hydrogen (secondary N) is 1. The normalized spacial score (nSPS) is 17.3. The Bertz CT molecular complexity index is 279. The molecule has 6 heteroatoms. The number of amides is 1. The number of rotatable bonds is 10. The molecule has 1 heterocycles. The molecule has 21 heavy (non-hydrogen) atoms. The van der Waals surface area contributed by atoms with Crippen molar-refractivity contribution in [2.24, 2.45) is 0 Å². The maximum Gasteiger partial charge on any atom is 0.246 e. The largest absolute Gasteiger partial charge is 0.378 e. The van der Waals surface area contributed by atoms with Crippen LogP contribution in [0.4, 0.5) is 0 Å². The van der Waals surface area contributed by atoms with Gasteiger partial charge in [0, 0.05) is 39.3 Å². The molecule has 0 aliphatic carbocycles. The minimum absolute atomic E-state index is 0.0806. The van der Waals surface area contributed by atoms with Crippen molar-refractivity contribution in [1.29, 1.82) is 0 Å². The Morgan fingerprint density at radius 3 is 2.43 bits per heavy atom. The van der Waals surface area contributed by atoms with Gasteiger partial charge in [-0.05, 0) is 20.4 Å². The van der Waals surface area contributed by atoms with Crippen LogP contribution in [-0.2, 0) is 14.3 Å². The average Bonchev–Trinajstić information content (AvgIpc) is 2.49. The topological polar surface area (TPSA) is 54.0 Å². The molecule has 1 fully saturated rings. The van der Waals surface area contributed by atoms with E-state index < -0.39 is 0 Å². The molecule has 0 radical (unpaired) electrons. The minimum atomic E-state index is -0.0806. The minimum Gasteiger partial charge on any atom is -0.378 e. The van der Waals surface area contributed by atoms with E-state index in [1.165, 1.54) is 0 Å². The van der Waals surface area contributed by atoms with E-state index in [2.05, 4.69) is 22.0 Å². The van der Waals surface area contributed by atoms with Crippen LogP contribution < -0.4 is 5.32 Å². The van der Waals surface area contributed by atoms with E-state index >= 15 is 0 Å². The summed E-state index contributed by atoms with van der Waals surface area (Å²) in [6, 6.07) is 0. The monoisotopic (exact) mass is 301 g/mol. The van der Waals surface area contributed by atoms with Gasteiger partial charge in [0.1, 0.15) is 6.61 Å². The number of carbonyl (C=O) groups excluding carboxylic acids is 1. The van der Waals surface area contributed by atoms with E-state index in [-0.39, 0.29) is 18.6 Å². The molecule has 1 aliphatic heterocycles. The van der Waals surface area contributed by atoms with E-state index in [0.717, 1.165) is 45.9 Å². The van der Waals surface area contributed by atoms with Crippen molar-refractivity contribution < 1.29 is 14.3 Å². The second kappa shape index (κ2) is 11.0. The number of likely N-dealkylation sites (N-methyl/N-ethyl adjacent to an activating group) is 1. The highest BCUT2D eigenvalue weighted by Gasteiger charge is 2.14. The molecular weight excluding hydrogens is 270 g/mol. The Kier molecular flexibility index (Phi) is 9.58. The zero-order valence-electron chi connectivity index (χ0n) is 13.8. The predicted octanol–water partition coefficient (Wildman–Crippen LogP) is 0.182. The van der Waals surface area contributed by atoms with Gasteiger partial charge >= 0.3 is 0 Å². The van der Waals surface area contributed by atoms with E-state index in [1.54, 1.807) is 0 Å². The molecule has 0 aromatic rings. The van der Waals surface area contributed by atoms with Crippen LogP contribution in [0.15, 0.2) is 0 Å². The van der Waals surface area contributed by atoms with Crippen molar-refractivity contribution in [3.8, 4) is 0 Å². The molecule has 1 saturated heterocycles. The standard InChI is InChI=1S/C15H31N3O3/c1-4-17-6-8-18(9-7-17)10-12-20-11-5-16-15(19)13-21-14(2)3/h14H,4-13H2,1-3H3,(H,16,19). The lowest BCUT2D eigenvalue weighted by atomic mass is 10.3. The third-order valence-electron chi connectivity index (χ3n) is 3.58. The molecule has 0 bridgehead atoms. The van der Waals surface area contributed by atoms with E-state index in [4.69, 9.17) is 9.47 Å². The van der Waals surface area contributed by atoms with E-state index in [0.29, 0.717) is 13.2 Å². The highest BCUT2D eigenvalue weighted by Crippen LogP contribution is 2.00. The molecule has 0 aromatic heterocycles. The van der Waals surface area contributed by atoms with Gasteiger partial charge in [0.15, 0.2) is 0 Å². The summed E-state index contributed by atoms with van der Waals surface area (Å²) in [5.74, 6) is -0.0806. The summed E-state index contributed by atoms with van der Waals surface area (Å²) < 4.78 is 10.8. The van der Waals surface area contributed by atoms with Crippen LogP contribution in [-0.4, -0.2) is 87.4 Å². The first kappa shape index (κ1) is 18.4. The molecular formula is C15H31N3O3. The van der Waals surface area contributed by atoms with E-state index in [9.17, 15) is 4.79 Å². The van der Waals surface area contributed by atoms with Crippen molar-refractivity contribution in [1.82, 2.24) is 15.1 Å². The lowest BCUT2D eigenvalue weighted by Crippen LogP contribution is -2.47. The summed E-state index contributed by atoms with van der Waals surface area (Å²) in [6.45, 7) is 14.7. The number of hydrogen-bond donors (Lipinski definition) is 1. The van der Waals surface area contributed by atoms with Crippen LogP contribution in [0.3, 0.4) is 0 Å². The molecule has 0 saturated carbocycles. The van der Waals surface area contributed by atoms with Crippen molar-refractivity contribution in [3.05, 3.63) is 0 Å². The second-order valence-corrected chi connectivity index (χ2v) is 5.60. The molecule has 0 atom stereocenters. The van der Waals surface area contributed by atoms with Crippen LogP contribution in [0, 0.1) is 0 Å². The first-order chi connectivity index (χ1) is 10.1. The maximum atomic E-state index is 11.4. The number of piperazine rings is 1. The van der Waals surface area contributed by atoms with Gasteiger partial charge in [0.05, 0.1) is 19.3 Å². The molecule has 1 aliphatic rings. The van der Waals surface area contributed by atoms with Gasteiger partial charge in [-0.25, -0.2) is 0 Å². The van der Waals surface area contributed by atoms with Crippen molar-refractivity contribution in [2.75, 3.05) is 65.6 Å². The predicted molar refractivity (Wildman–Crippen MR) is 83.5 cm³/mol. The van der Waals surface area contributed by atoms with Crippen LogP contribution in [0.25, 0.3) is 0 Å². The Hall–Kier alpha value is -0.690. The van der Waals surface area contributed by atoms with Crippen LogP contribution >= 0.6 is 0 Å². The fourth-order valence-electron chi connectivity index (χ4n) is 2.18. The first-order valence-corrected chi connectivity index (χ1v) is 8.02. The summed E-state index contributed by atoms with van der Waals surface area (Å²) in [4.78, 5) is 16.3. The van der Waals surface area contributed by atoms with Crippen molar-refractivity contribution in [2.45, 2.75) is 26.9 Å². The van der Waals surface area contributed by atoms with Gasteiger partial charge in [-0.1, -0.05) is 6.92 Å². The molecule has 1 amide bonds. The molecule has 0 unspecified atom stereocenters. The SMILES string of the molecule is CCN1CCN(CCOCCNC(=O)COC(C)C)CC1. The number of hydrogen-bond acceptors (Lipinski definition) is 5. The third kappa shape index (κ3) is 9.03. The highest BCUT2D eigenvalue weighted by atomic mass is 16.5. The third-order valence-corrected chi connectivity index (χ3v) is 3.58. The van der Waals surface area contributed by atoms with Crippen LogP contribution in [0.1, 0.15) is 20.8 Å². The summed E-state index contributed by atoms with van der Waals surface area (Å²) >= 11 is 0. The summed E-state index contributed by atoms with van der Waals surface area (Å²) in [5, 5.41) is 2.78. The fraction of sp³-hybridized carbons (Fsp3) is 0.933. The Labute approximate surface area is 128 Å². The fourth-order valence-corrected chi connectivity index (χ4v) is 2.18. The number of ether oxygens (including phenoxy) is 2. The van der Waals surface area contributed by atoms with Gasteiger partial charge < -0.3 is 19.7 Å². The average molecular weight is 301 g/mol. The molecule has 6 nitrogen and oxygen atoms in total. The Balaban J connectivity index is 1.90. The van der Waals surface area contributed by atoms with Crippen LogP contribution in [0.5, 0.6) is 0 Å². The highest BCUT2D eigenvalue weighted by molar-refractivity contribution is 5.77. The molecule has 0 spiro atoms. The zero-order valence-corrected chi connectivity index (χ0v) is 13.8. The van der Waals surface area contributed by atoms with Gasteiger partial charge in [-0.3, -0.25) is 9.69 Å². The zero-order chi connectivity index (χ0) is 15.5. The summed E-state index contributed by atoms with van der Waals surface area (Å²) in [7, 11) is 0. The number of carbonyl (C=O) groups is 1. The van der Waals surface area contributed by atoms with Gasteiger partial charge in [0.25, 0.3) is 0 Å². The van der Waals surface area contributed by atoms with E-state index in [1.807, 2.05) is 13.8 Å². The summed E-state index contributed by atoms with van der Waals surface area (Å²) in [5.41, 5.74) is 0. The van der Waals surface area contributed by atoms with Crippen LogP contribution in [0.2, 0.25) is 0 Å². The maximum absolute atomic E-state index is 11.4. The second-order valence-electron chi connectivity index (χ2n) is 5.60. The number of nitrogens with zero attached hydrogens (tertiary/aromatic N) is 2. The van der Waals surface area contributed by atoms with Crippen molar-refractivity contribution in [3.63, 3.8) is 0 Å². The lowest BCUT2D eigenvalue weighted by molar-refractivity contribution is -0.127. The molecule has 1 N–H and O–H groups in total. The lowest BCUT2D eigenvalue weighted by Gasteiger charge is -2.33. The smallest absolute Gasteiger partial charge is 0.246 e. The summed E-state index contributed by atoms with van der Waals surface area (Å²) in [6.07, 6.45) is 0.0835. The molecule has 1 rings (SSSR count). The molecule has 124 valence electrons. The Morgan fingerprint density at radius 1 is 1.14 bits per heavy atom. The quantitative estimate of drug-likeness (QED) is 0.584. The Morgan fingerprint density at radius 2 is 1.81 bits per heavy atom. The van der Waals surface area contributed by atoms with Crippen molar-refractivity contribution >= 4 is 5.91 Å². The van der Waals surface area contributed by atoms with Gasteiger partial charge in [0.2, 0.25) is 5.91 Å². The molecule has 0 aromatic carbocycles. The van der Waals surface area contributed by atoms with Gasteiger partial charge in [-0.2, -0.15) is 0 Å². The van der Waals surface area contributed by atoms with Gasteiger partial charge in [-0.15, -0.1) is 0 Å². The first-order valence-electron chi connectivity index (χ1n) is 8.02.